The first-order valence-corrected chi connectivity index (χ1v) is 13.2. The van der Waals surface area contributed by atoms with Crippen LogP contribution in [-0.2, 0) is 0 Å². The first-order chi connectivity index (χ1) is 16.5. The fraction of sp³-hybridized carbons (Fsp3) is 0.571. The summed E-state index contributed by atoms with van der Waals surface area (Å²) < 4.78 is 0. The molecule has 34 heavy (non-hydrogen) atoms. The molecular formula is C28H48N6. The highest BCUT2D eigenvalue weighted by Crippen LogP contribution is 2.27. The van der Waals surface area contributed by atoms with Crippen molar-refractivity contribution in [1.82, 2.24) is 14.7 Å². The minimum Gasteiger partial charge on any atom is -0.399 e. The van der Waals surface area contributed by atoms with Crippen molar-refractivity contribution in [2.45, 2.75) is 40.5 Å². The minimum absolute atomic E-state index is 0.790. The topological polar surface area (TPSA) is 65.0 Å². The molecule has 2 aromatic carbocycles. The van der Waals surface area contributed by atoms with E-state index in [-0.39, 0.29) is 0 Å². The number of anilines is 4. The molecule has 0 unspecified atom stereocenters. The number of likely N-dealkylation sites (N-methyl/N-ethyl adjacent to an activating group) is 2. The standard InChI is InChI=1S/C28H48N6/c1-5-31(6-2)21-23-33(24-22-32(7-3)8-4)19-9-10-20-34(27-15-11-25(29)12-16-27)28-17-13-26(30)14-18-28/h11-18H,5-10,19-24,29-30H2,1-4H3. The molecule has 0 aromatic heterocycles. The van der Waals surface area contributed by atoms with Crippen molar-refractivity contribution in [2.75, 3.05) is 81.8 Å². The smallest absolute Gasteiger partial charge is 0.0412 e. The normalized spacial score (nSPS) is 11.6. The van der Waals surface area contributed by atoms with Crippen LogP contribution in [0.3, 0.4) is 0 Å². The molecule has 0 heterocycles. The fourth-order valence-corrected chi connectivity index (χ4v) is 4.30. The summed E-state index contributed by atoms with van der Waals surface area (Å²) in [5, 5.41) is 0. The molecule has 0 aliphatic heterocycles. The van der Waals surface area contributed by atoms with Gasteiger partial charge in [-0.05, 0) is 94.1 Å². The average molecular weight is 469 g/mol. The van der Waals surface area contributed by atoms with E-state index in [1.54, 1.807) is 0 Å². The van der Waals surface area contributed by atoms with Gasteiger partial charge in [-0.3, -0.25) is 0 Å². The van der Waals surface area contributed by atoms with E-state index in [1.165, 1.54) is 17.8 Å². The van der Waals surface area contributed by atoms with Gasteiger partial charge in [0, 0.05) is 55.5 Å². The summed E-state index contributed by atoms with van der Waals surface area (Å²) in [6, 6.07) is 16.3. The zero-order chi connectivity index (χ0) is 24.8. The molecule has 2 rings (SSSR count). The van der Waals surface area contributed by atoms with Crippen LogP contribution in [0, 0.1) is 0 Å². The van der Waals surface area contributed by atoms with Crippen LogP contribution in [0.5, 0.6) is 0 Å². The zero-order valence-corrected chi connectivity index (χ0v) is 22.0. The van der Waals surface area contributed by atoms with E-state index < -0.39 is 0 Å². The lowest BCUT2D eigenvalue weighted by molar-refractivity contribution is 0.184. The average Bonchev–Trinajstić information content (AvgIpc) is 2.86. The van der Waals surface area contributed by atoms with E-state index in [9.17, 15) is 0 Å². The Morgan fingerprint density at radius 2 is 0.824 bits per heavy atom. The van der Waals surface area contributed by atoms with Gasteiger partial charge in [-0.2, -0.15) is 0 Å². The van der Waals surface area contributed by atoms with Crippen molar-refractivity contribution in [3.63, 3.8) is 0 Å². The Labute approximate surface area is 208 Å². The Hall–Kier alpha value is -2.28. The second-order valence-corrected chi connectivity index (χ2v) is 8.94. The highest BCUT2D eigenvalue weighted by atomic mass is 15.2. The van der Waals surface area contributed by atoms with Crippen molar-refractivity contribution in [1.29, 1.82) is 0 Å². The van der Waals surface area contributed by atoms with Crippen LogP contribution in [0.15, 0.2) is 48.5 Å². The van der Waals surface area contributed by atoms with Crippen LogP contribution in [0.4, 0.5) is 22.7 Å². The van der Waals surface area contributed by atoms with Gasteiger partial charge in [0.2, 0.25) is 0 Å². The fourth-order valence-electron chi connectivity index (χ4n) is 4.30. The van der Waals surface area contributed by atoms with E-state index in [4.69, 9.17) is 11.5 Å². The lowest BCUT2D eigenvalue weighted by Gasteiger charge is -2.29. The van der Waals surface area contributed by atoms with Gasteiger partial charge in [-0.15, -0.1) is 0 Å². The number of hydrogen-bond acceptors (Lipinski definition) is 6. The van der Waals surface area contributed by atoms with Crippen LogP contribution in [-0.4, -0.2) is 80.1 Å². The summed E-state index contributed by atoms with van der Waals surface area (Å²) in [7, 11) is 0. The third-order valence-electron chi connectivity index (χ3n) is 6.77. The minimum atomic E-state index is 0.790. The van der Waals surface area contributed by atoms with Crippen LogP contribution in [0.1, 0.15) is 40.5 Å². The van der Waals surface area contributed by atoms with Crippen molar-refractivity contribution in [3.8, 4) is 0 Å². The maximum atomic E-state index is 5.93. The van der Waals surface area contributed by atoms with Gasteiger partial charge < -0.3 is 31.1 Å². The van der Waals surface area contributed by atoms with Crippen molar-refractivity contribution in [2.24, 2.45) is 0 Å². The molecule has 0 fully saturated rings. The van der Waals surface area contributed by atoms with Gasteiger partial charge in [0.05, 0.1) is 0 Å². The Kier molecular flexibility index (Phi) is 12.8. The molecule has 0 saturated heterocycles. The first-order valence-electron chi connectivity index (χ1n) is 13.2. The summed E-state index contributed by atoms with van der Waals surface area (Å²) >= 11 is 0. The largest absolute Gasteiger partial charge is 0.399 e. The molecule has 2 aromatic rings. The van der Waals surface area contributed by atoms with Crippen LogP contribution in [0.25, 0.3) is 0 Å². The van der Waals surface area contributed by atoms with Crippen molar-refractivity contribution in [3.05, 3.63) is 48.5 Å². The number of nitrogens with zero attached hydrogens (tertiary/aromatic N) is 4. The molecule has 0 atom stereocenters. The number of nitrogen functional groups attached to an aromatic ring is 2. The molecule has 0 saturated carbocycles. The SMILES string of the molecule is CCN(CC)CCN(CCCCN(c1ccc(N)cc1)c1ccc(N)cc1)CCN(CC)CC. The lowest BCUT2D eigenvalue weighted by Crippen LogP contribution is -2.40. The van der Waals surface area contributed by atoms with Gasteiger partial charge in [0.25, 0.3) is 0 Å². The summed E-state index contributed by atoms with van der Waals surface area (Å²) in [6.07, 6.45) is 2.30. The molecule has 4 N–H and O–H groups in total. The molecule has 0 amide bonds. The number of nitrogens with two attached hydrogens (primary N) is 2. The second-order valence-electron chi connectivity index (χ2n) is 8.94. The molecular weight excluding hydrogens is 420 g/mol. The lowest BCUT2D eigenvalue weighted by atomic mass is 10.2. The van der Waals surface area contributed by atoms with Crippen molar-refractivity contribution < 1.29 is 0 Å². The third kappa shape index (κ3) is 9.53. The Morgan fingerprint density at radius 3 is 1.21 bits per heavy atom. The van der Waals surface area contributed by atoms with Crippen LogP contribution < -0.4 is 16.4 Å². The van der Waals surface area contributed by atoms with Crippen molar-refractivity contribution >= 4 is 22.7 Å². The Bertz CT molecular complexity index is 707. The van der Waals surface area contributed by atoms with E-state index in [2.05, 4.69) is 71.6 Å². The van der Waals surface area contributed by atoms with E-state index in [0.29, 0.717) is 0 Å². The molecule has 0 spiro atoms. The van der Waals surface area contributed by atoms with Gasteiger partial charge in [-0.25, -0.2) is 0 Å². The van der Waals surface area contributed by atoms with Crippen LogP contribution in [0.2, 0.25) is 0 Å². The number of rotatable bonds is 17. The predicted octanol–water partition coefficient (Wildman–Crippen LogP) is 4.75. The molecule has 190 valence electrons. The monoisotopic (exact) mass is 468 g/mol. The molecule has 6 heteroatoms. The summed E-state index contributed by atoms with van der Waals surface area (Å²) in [5.41, 5.74) is 15.8. The van der Waals surface area contributed by atoms with Gasteiger partial charge in [-0.1, -0.05) is 27.7 Å². The Balaban J connectivity index is 1.97. The summed E-state index contributed by atoms with van der Waals surface area (Å²) in [6.45, 7) is 20.2. The van der Waals surface area contributed by atoms with E-state index >= 15 is 0 Å². The summed E-state index contributed by atoms with van der Waals surface area (Å²) in [4.78, 5) is 10.1. The van der Waals surface area contributed by atoms with Gasteiger partial charge in [0.1, 0.15) is 0 Å². The van der Waals surface area contributed by atoms with E-state index in [0.717, 1.165) is 83.2 Å². The molecule has 0 aliphatic carbocycles. The number of benzene rings is 2. The first kappa shape index (κ1) is 28.0. The highest BCUT2D eigenvalue weighted by Gasteiger charge is 2.12. The number of unbranched alkanes of at least 4 members (excludes halogenated alkanes) is 1. The number of hydrogen-bond donors (Lipinski definition) is 2. The van der Waals surface area contributed by atoms with Gasteiger partial charge in [0.15, 0.2) is 0 Å². The quantitative estimate of drug-likeness (QED) is 0.258. The van der Waals surface area contributed by atoms with E-state index in [1.807, 2.05) is 24.3 Å². The third-order valence-corrected chi connectivity index (χ3v) is 6.77. The second kappa shape index (κ2) is 15.6. The maximum Gasteiger partial charge on any atom is 0.0412 e. The van der Waals surface area contributed by atoms with Gasteiger partial charge >= 0.3 is 0 Å². The highest BCUT2D eigenvalue weighted by molar-refractivity contribution is 5.66. The summed E-state index contributed by atoms with van der Waals surface area (Å²) in [5.74, 6) is 0. The maximum absolute atomic E-state index is 5.93. The molecule has 6 nitrogen and oxygen atoms in total. The molecule has 0 aliphatic rings. The molecule has 0 bridgehead atoms. The van der Waals surface area contributed by atoms with Crippen LogP contribution >= 0.6 is 0 Å². The Morgan fingerprint density at radius 1 is 0.471 bits per heavy atom. The predicted molar refractivity (Wildman–Crippen MR) is 150 cm³/mol. The zero-order valence-electron chi connectivity index (χ0n) is 22.0. The molecule has 0 radical (unpaired) electrons.